The number of hydrogen-bond acceptors (Lipinski definition) is 3. The van der Waals surface area contributed by atoms with E-state index < -0.39 is 0 Å². The van der Waals surface area contributed by atoms with Gasteiger partial charge in [-0.25, -0.2) is 9.97 Å². The maximum Gasteiger partial charge on any atom is 0.274 e. The number of amides is 1. The van der Waals surface area contributed by atoms with Gasteiger partial charge in [-0.05, 0) is 0 Å². The molecule has 0 saturated heterocycles. The highest BCUT2D eigenvalue weighted by Crippen LogP contribution is 2.03. The van der Waals surface area contributed by atoms with E-state index in [9.17, 15) is 4.79 Å². The van der Waals surface area contributed by atoms with Crippen LogP contribution in [0.4, 0.5) is 0 Å². The number of hydrogen-bond donors (Lipinski definition) is 0. The van der Waals surface area contributed by atoms with E-state index in [4.69, 9.17) is 11.6 Å². The van der Waals surface area contributed by atoms with Gasteiger partial charge in [0.1, 0.15) is 10.8 Å². The van der Waals surface area contributed by atoms with Crippen LogP contribution in [0.5, 0.6) is 0 Å². The Morgan fingerprint density at radius 2 is 2.36 bits per heavy atom. The summed E-state index contributed by atoms with van der Waals surface area (Å²) < 4.78 is 0. The zero-order valence-electron chi connectivity index (χ0n) is 7.77. The first-order valence-corrected chi connectivity index (χ1v) is 4.37. The molecule has 0 unspecified atom stereocenters. The second-order valence-electron chi connectivity index (χ2n) is 2.70. The molecule has 0 fully saturated rings. The lowest BCUT2D eigenvalue weighted by atomic mass is 10.4. The zero-order valence-corrected chi connectivity index (χ0v) is 8.53. The van der Waals surface area contributed by atoms with Crippen LogP contribution in [0.3, 0.4) is 0 Å². The summed E-state index contributed by atoms with van der Waals surface area (Å²) in [5, 5.41) is 0.271. The molecule has 74 valence electrons. The minimum atomic E-state index is -0.200. The number of carbonyl (C=O) groups excluding carboxylic acids is 1. The predicted molar refractivity (Wildman–Crippen MR) is 54.2 cm³/mol. The highest BCUT2D eigenvalue weighted by Gasteiger charge is 2.11. The standard InChI is InChI=1S/C9H10ClN3O/c1-3-4-13(2)9(14)7-5-12-8(10)6-11-7/h3,5-6H,1,4H2,2H3. The third-order valence-corrected chi connectivity index (χ3v) is 1.78. The second kappa shape index (κ2) is 4.72. The van der Waals surface area contributed by atoms with E-state index in [0.717, 1.165) is 0 Å². The predicted octanol–water partition coefficient (Wildman–Crippen LogP) is 1.39. The van der Waals surface area contributed by atoms with Crippen molar-refractivity contribution in [2.24, 2.45) is 0 Å². The Labute approximate surface area is 87.2 Å². The third-order valence-electron chi connectivity index (χ3n) is 1.59. The van der Waals surface area contributed by atoms with Crippen molar-refractivity contribution in [3.8, 4) is 0 Å². The first kappa shape index (κ1) is 10.7. The van der Waals surface area contributed by atoms with E-state index in [-0.39, 0.29) is 16.8 Å². The summed E-state index contributed by atoms with van der Waals surface area (Å²) in [4.78, 5) is 20.7. The molecule has 0 N–H and O–H groups in total. The zero-order chi connectivity index (χ0) is 10.6. The molecular weight excluding hydrogens is 202 g/mol. The SMILES string of the molecule is C=CCN(C)C(=O)c1cnc(Cl)cn1. The number of aromatic nitrogens is 2. The smallest absolute Gasteiger partial charge is 0.274 e. The van der Waals surface area contributed by atoms with Gasteiger partial charge in [-0.2, -0.15) is 0 Å². The molecule has 0 atom stereocenters. The first-order valence-electron chi connectivity index (χ1n) is 3.99. The van der Waals surface area contributed by atoms with Gasteiger partial charge in [0.15, 0.2) is 0 Å². The fraction of sp³-hybridized carbons (Fsp3) is 0.222. The molecule has 4 nitrogen and oxygen atoms in total. The largest absolute Gasteiger partial charge is 0.337 e. The Morgan fingerprint density at radius 1 is 1.64 bits per heavy atom. The second-order valence-corrected chi connectivity index (χ2v) is 3.09. The molecule has 5 heteroatoms. The number of carbonyl (C=O) groups is 1. The van der Waals surface area contributed by atoms with Crippen molar-refractivity contribution < 1.29 is 4.79 Å². The molecule has 14 heavy (non-hydrogen) atoms. The summed E-state index contributed by atoms with van der Waals surface area (Å²) in [6.07, 6.45) is 4.34. The van der Waals surface area contributed by atoms with Gasteiger partial charge in [0, 0.05) is 13.6 Å². The highest BCUT2D eigenvalue weighted by molar-refractivity contribution is 6.29. The lowest BCUT2D eigenvalue weighted by molar-refractivity contribution is 0.0804. The summed E-state index contributed by atoms with van der Waals surface area (Å²) in [5.41, 5.74) is 0.277. The van der Waals surface area contributed by atoms with Crippen LogP contribution < -0.4 is 0 Å². The number of nitrogens with zero attached hydrogens (tertiary/aromatic N) is 3. The summed E-state index contributed by atoms with van der Waals surface area (Å²) in [5.74, 6) is -0.200. The lowest BCUT2D eigenvalue weighted by Crippen LogP contribution is -2.27. The monoisotopic (exact) mass is 211 g/mol. The van der Waals surface area contributed by atoms with Crippen LogP contribution in [-0.4, -0.2) is 34.4 Å². The van der Waals surface area contributed by atoms with Crippen LogP contribution in [0.1, 0.15) is 10.5 Å². The van der Waals surface area contributed by atoms with Gasteiger partial charge in [0.05, 0.1) is 12.4 Å². The van der Waals surface area contributed by atoms with E-state index in [2.05, 4.69) is 16.5 Å². The third kappa shape index (κ3) is 2.53. The Bertz CT molecular complexity index is 336. The van der Waals surface area contributed by atoms with E-state index in [0.29, 0.717) is 6.54 Å². The molecule has 1 aromatic rings. The molecule has 0 aliphatic heterocycles. The van der Waals surface area contributed by atoms with Crippen molar-refractivity contribution in [3.05, 3.63) is 35.9 Å². The van der Waals surface area contributed by atoms with Crippen LogP contribution >= 0.6 is 11.6 Å². The summed E-state index contributed by atoms with van der Waals surface area (Å²) in [7, 11) is 1.67. The Hall–Kier alpha value is -1.42. The maximum atomic E-state index is 11.6. The van der Waals surface area contributed by atoms with Crippen molar-refractivity contribution >= 4 is 17.5 Å². The van der Waals surface area contributed by atoms with E-state index in [1.165, 1.54) is 17.3 Å². The minimum Gasteiger partial charge on any atom is -0.337 e. The normalized spacial score (nSPS) is 9.57. The van der Waals surface area contributed by atoms with Crippen molar-refractivity contribution in [2.45, 2.75) is 0 Å². The van der Waals surface area contributed by atoms with Gasteiger partial charge in [0.25, 0.3) is 5.91 Å². The fourth-order valence-electron chi connectivity index (χ4n) is 0.895. The van der Waals surface area contributed by atoms with Crippen molar-refractivity contribution in [3.63, 3.8) is 0 Å². The summed E-state index contributed by atoms with van der Waals surface area (Å²) in [6, 6.07) is 0. The molecule has 1 rings (SSSR count). The van der Waals surface area contributed by atoms with Crippen molar-refractivity contribution in [1.82, 2.24) is 14.9 Å². The minimum absolute atomic E-state index is 0.200. The molecule has 0 bridgehead atoms. The molecule has 1 aromatic heterocycles. The average molecular weight is 212 g/mol. The van der Waals surface area contributed by atoms with E-state index in [1.807, 2.05) is 0 Å². The van der Waals surface area contributed by atoms with Crippen LogP contribution in [0, 0.1) is 0 Å². The molecule has 0 radical (unpaired) electrons. The molecule has 0 aliphatic rings. The van der Waals surface area contributed by atoms with Crippen LogP contribution in [0.15, 0.2) is 25.0 Å². The van der Waals surface area contributed by atoms with Gasteiger partial charge in [0.2, 0.25) is 0 Å². The van der Waals surface area contributed by atoms with Crippen molar-refractivity contribution in [2.75, 3.05) is 13.6 Å². The maximum absolute atomic E-state index is 11.6. The van der Waals surface area contributed by atoms with Gasteiger partial charge in [-0.3, -0.25) is 4.79 Å². The van der Waals surface area contributed by atoms with Crippen LogP contribution in [0.2, 0.25) is 5.15 Å². The van der Waals surface area contributed by atoms with Crippen LogP contribution in [0.25, 0.3) is 0 Å². The fourth-order valence-corrected chi connectivity index (χ4v) is 0.992. The Balaban J connectivity index is 2.78. The van der Waals surface area contributed by atoms with Gasteiger partial charge >= 0.3 is 0 Å². The summed E-state index contributed by atoms with van der Waals surface area (Å²) >= 11 is 5.54. The highest BCUT2D eigenvalue weighted by atomic mass is 35.5. The molecule has 0 aliphatic carbocycles. The molecule has 0 aromatic carbocycles. The number of rotatable bonds is 3. The van der Waals surface area contributed by atoms with Crippen molar-refractivity contribution in [1.29, 1.82) is 0 Å². The molecule has 1 amide bonds. The summed E-state index contributed by atoms with van der Waals surface area (Å²) in [6.45, 7) is 4.02. The average Bonchev–Trinajstić information content (AvgIpc) is 2.18. The van der Waals surface area contributed by atoms with E-state index >= 15 is 0 Å². The Kier molecular flexibility index (Phi) is 3.59. The molecular formula is C9H10ClN3O. The Morgan fingerprint density at radius 3 is 2.86 bits per heavy atom. The molecule has 0 saturated carbocycles. The molecule has 0 spiro atoms. The van der Waals surface area contributed by atoms with Gasteiger partial charge in [-0.15, -0.1) is 6.58 Å². The number of halogens is 1. The topological polar surface area (TPSA) is 46.1 Å². The quantitative estimate of drug-likeness (QED) is 0.710. The lowest BCUT2D eigenvalue weighted by Gasteiger charge is -2.13. The van der Waals surface area contributed by atoms with E-state index in [1.54, 1.807) is 13.1 Å². The van der Waals surface area contributed by atoms with Gasteiger partial charge in [-0.1, -0.05) is 17.7 Å². The first-order chi connectivity index (χ1) is 6.65. The van der Waals surface area contributed by atoms with Crippen LogP contribution in [-0.2, 0) is 0 Å². The van der Waals surface area contributed by atoms with Gasteiger partial charge < -0.3 is 4.90 Å². The number of likely N-dealkylation sites (N-methyl/N-ethyl adjacent to an activating group) is 1. The molecule has 1 heterocycles.